The van der Waals surface area contributed by atoms with E-state index in [1.165, 1.54) is 19.4 Å². The topological polar surface area (TPSA) is 96.0 Å². The highest BCUT2D eigenvalue weighted by Crippen LogP contribution is 2.65. The average Bonchev–Trinajstić information content (AvgIpc) is 3.18. The summed E-state index contributed by atoms with van der Waals surface area (Å²) in [4.78, 5) is 23.7. The van der Waals surface area contributed by atoms with E-state index in [9.17, 15) is 18.0 Å². The first-order chi connectivity index (χ1) is 17.9. The van der Waals surface area contributed by atoms with Crippen LogP contribution in [0.2, 0.25) is 0 Å². The fourth-order valence-electron chi connectivity index (χ4n) is 8.33. The van der Waals surface area contributed by atoms with Gasteiger partial charge in [0.25, 0.3) is 10.1 Å². The van der Waals surface area contributed by atoms with Crippen LogP contribution < -0.4 is 0 Å². The van der Waals surface area contributed by atoms with Gasteiger partial charge in [-0.05, 0) is 81.8 Å². The number of esters is 2. The van der Waals surface area contributed by atoms with Crippen LogP contribution in [0.5, 0.6) is 0 Å². The summed E-state index contributed by atoms with van der Waals surface area (Å²) in [5.74, 6) is 0.531. The van der Waals surface area contributed by atoms with Crippen LogP contribution in [0.25, 0.3) is 0 Å². The zero-order valence-corrected chi connectivity index (χ0v) is 23.7. The number of carbonyl (C=O) groups excluding carboxylic acids is 2. The second-order valence-corrected chi connectivity index (χ2v) is 13.8. The van der Waals surface area contributed by atoms with E-state index in [-0.39, 0.29) is 47.0 Å². The van der Waals surface area contributed by atoms with Gasteiger partial charge in [-0.1, -0.05) is 36.3 Å². The predicted octanol–water partition coefficient (Wildman–Crippen LogP) is 5.51. The molecule has 0 aliphatic heterocycles. The summed E-state index contributed by atoms with van der Waals surface area (Å²) >= 11 is 0. The zero-order chi connectivity index (χ0) is 27.3. The van der Waals surface area contributed by atoms with Gasteiger partial charge in [0.2, 0.25) is 0 Å². The van der Waals surface area contributed by atoms with Gasteiger partial charge in [0.1, 0.15) is 12.2 Å². The number of allylic oxidation sites excluding steroid dienone is 1. The number of aryl methyl sites for hydroxylation is 1. The number of ether oxygens (including phenoxy) is 2. The fourth-order valence-corrected chi connectivity index (χ4v) is 9.30. The summed E-state index contributed by atoms with van der Waals surface area (Å²) in [7, 11) is -3.92. The molecule has 38 heavy (non-hydrogen) atoms. The van der Waals surface area contributed by atoms with Crippen LogP contribution in [0.4, 0.5) is 0 Å². The third kappa shape index (κ3) is 4.83. The highest BCUT2D eigenvalue weighted by molar-refractivity contribution is 7.86. The lowest BCUT2D eigenvalue weighted by molar-refractivity contribution is -0.157. The molecule has 2 unspecified atom stereocenters. The van der Waals surface area contributed by atoms with E-state index in [1.54, 1.807) is 24.3 Å². The number of rotatable bonds is 6. The van der Waals surface area contributed by atoms with Crippen molar-refractivity contribution in [2.45, 2.75) is 96.2 Å². The number of hydrogen-bond acceptors (Lipinski definition) is 7. The van der Waals surface area contributed by atoms with Crippen LogP contribution >= 0.6 is 0 Å². The molecule has 0 N–H and O–H groups in total. The van der Waals surface area contributed by atoms with Crippen molar-refractivity contribution < 1.29 is 31.7 Å². The van der Waals surface area contributed by atoms with E-state index in [1.807, 2.05) is 6.92 Å². The molecule has 4 aliphatic carbocycles. The van der Waals surface area contributed by atoms with Gasteiger partial charge >= 0.3 is 11.9 Å². The molecule has 5 rings (SSSR count). The predicted molar refractivity (Wildman–Crippen MR) is 141 cm³/mol. The SMILES string of the molecule is CC(=O)OC1CC[C@@]2(COS(=O)(=O)c3ccc(C)cc3)C(=CC[C@@H]3[C@H]2CC[C@]2(C)C(OC(C)=O)CC[C@@H]32)C1. The fraction of sp³-hybridized carbons (Fsp3) is 0.667. The molecule has 3 saturated carbocycles. The highest BCUT2D eigenvalue weighted by atomic mass is 32.2. The van der Waals surface area contributed by atoms with Gasteiger partial charge in [0.05, 0.1) is 11.5 Å². The Balaban J connectivity index is 1.45. The van der Waals surface area contributed by atoms with E-state index in [4.69, 9.17) is 13.7 Å². The molecule has 8 heteroatoms. The quantitative estimate of drug-likeness (QED) is 0.265. The van der Waals surface area contributed by atoms with Crippen molar-refractivity contribution in [2.75, 3.05) is 6.61 Å². The van der Waals surface area contributed by atoms with Gasteiger partial charge in [-0.2, -0.15) is 8.42 Å². The number of benzene rings is 1. The Morgan fingerprint density at radius 1 is 0.947 bits per heavy atom. The van der Waals surface area contributed by atoms with E-state index in [0.29, 0.717) is 24.7 Å². The Labute approximate surface area is 226 Å². The molecule has 1 aromatic carbocycles. The van der Waals surface area contributed by atoms with Crippen molar-refractivity contribution >= 4 is 22.1 Å². The minimum atomic E-state index is -3.92. The first kappa shape index (κ1) is 27.4. The van der Waals surface area contributed by atoms with Crippen LogP contribution in [-0.2, 0) is 33.4 Å². The van der Waals surface area contributed by atoms with E-state index < -0.39 is 15.5 Å². The van der Waals surface area contributed by atoms with Crippen LogP contribution in [0.1, 0.15) is 77.7 Å². The molecule has 0 saturated heterocycles. The Morgan fingerprint density at radius 3 is 2.34 bits per heavy atom. The summed E-state index contributed by atoms with van der Waals surface area (Å²) in [6, 6.07) is 6.75. The number of fused-ring (bicyclic) bond motifs is 5. The zero-order valence-electron chi connectivity index (χ0n) is 22.9. The maximum atomic E-state index is 13.2. The molecule has 1 aromatic rings. The van der Waals surface area contributed by atoms with Gasteiger partial charge in [-0.3, -0.25) is 13.8 Å². The standard InChI is InChI=1S/C30H40O7S/c1-19-5-8-24(9-6-19)38(33,34)35-18-30-16-13-23(36-20(2)31)17-22(30)7-10-25-26-11-12-28(37-21(3)32)29(26,4)15-14-27(25)30/h5-9,23,25-28H,10-18H2,1-4H3/t23?,25-,26-,27+,28?,29-,30+/m0/s1. The molecule has 7 atom stereocenters. The third-order valence-corrected chi connectivity index (χ3v) is 11.4. The van der Waals surface area contributed by atoms with Gasteiger partial charge in [0.15, 0.2) is 0 Å². The summed E-state index contributed by atoms with van der Waals surface area (Å²) in [6.45, 7) is 7.21. The summed E-state index contributed by atoms with van der Waals surface area (Å²) in [5, 5.41) is 0. The highest BCUT2D eigenvalue weighted by Gasteiger charge is 2.61. The smallest absolute Gasteiger partial charge is 0.302 e. The lowest BCUT2D eigenvalue weighted by atomic mass is 9.47. The second kappa shape index (κ2) is 10.1. The molecule has 3 fully saturated rings. The maximum absolute atomic E-state index is 13.2. The third-order valence-electron chi connectivity index (χ3n) is 10.1. The van der Waals surface area contributed by atoms with E-state index in [0.717, 1.165) is 44.1 Å². The molecule has 208 valence electrons. The molecule has 7 nitrogen and oxygen atoms in total. The first-order valence-corrected chi connectivity index (χ1v) is 15.4. The van der Waals surface area contributed by atoms with Crippen molar-refractivity contribution in [1.29, 1.82) is 0 Å². The van der Waals surface area contributed by atoms with Crippen LogP contribution in [0, 0.1) is 35.5 Å². The Morgan fingerprint density at radius 2 is 1.66 bits per heavy atom. The van der Waals surface area contributed by atoms with Gasteiger partial charge in [-0.15, -0.1) is 0 Å². The van der Waals surface area contributed by atoms with Gasteiger partial charge < -0.3 is 9.47 Å². The van der Waals surface area contributed by atoms with Crippen LogP contribution in [0.3, 0.4) is 0 Å². The molecular formula is C30H40O7S. The summed E-state index contributed by atoms with van der Waals surface area (Å²) < 4.78 is 43.8. The lowest BCUT2D eigenvalue weighted by Gasteiger charge is -2.58. The molecule has 0 bridgehead atoms. The van der Waals surface area contributed by atoms with Crippen molar-refractivity contribution in [2.24, 2.45) is 28.6 Å². The number of hydrogen-bond donors (Lipinski definition) is 0. The van der Waals surface area contributed by atoms with Gasteiger partial charge in [0, 0.05) is 31.1 Å². The molecule has 4 aliphatic rings. The second-order valence-electron chi connectivity index (χ2n) is 12.2. The van der Waals surface area contributed by atoms with Crippen molar-refractivity contribution in [3.63, 3.8) is 0 Å². The van der Waals surface area contributed by atoms with Gasteiger partial charge in [-0.25, -0.2) is 0 Å². The molecule has 0 heterocycles. The molecule has 0 aromatic heterocycles. The number of carbonyl (C=O) groups is 2. The maximum Gasteiger partial charge on any atom is 0.302 e. The normalized spacial score (nSPS) is 36.3. The Bertz CT molecular complexity index is 1220. The van der Waals surface area contributed by atoms with Crippen LogP contribution in [0.15, 0.2) is 40.8 Å². The first-order valence-electron chi connectivity index (χ1n) is 13.9. The van der Waals surface area contributed by atoms with Crippen molar-refractivity contribution in [3.8, 4) is 0 Å². The Hall–Kier alpha value is -2.19. The average molecular weight is 545 g/mol. The summed E-state index contributed by atoms with van der Waals surface area (Å²) in [6.07, 6.45) is 8.71. The Kier molecular flexibility index (Phi) is 7.27. The largest absolute Gasteiger partial charge is 0.462 e. The van der Waals surface area contributed by atoms with Crippen molar-refractivity contribution in [3.05, 3.63) is 41.5 Å². The lowest BCUT2D eigenvalue weighted by Crippen LogP contribution is -2.54. The summed E-state index contributed by atoms with van der Waals surface area (Å²) in [5.41, 5.74) is 1.68. The molecule has 0 amide bonds. The molecule has 0 radical (unpaired) electrons. The van der Waals surface area contributed by atoms with E-state index in [2.05, 4.69) is 13.0 Å². The minimum Gasteiger partial charge on any atom is -0.462 e. The molecular weight excluding hydrogens is 504 g/mol. The van der Waals surface area contributed by atoms with Crippen molar-refractivity contribution in [1.82, 2.24) is 0 Å². The molecule has 0 spiro atoms. The van der Waals surface area contributed by atoms with Crippen LogP contribution in [-0.4, -0.2) is 39.2 Å². The monoisotopic (exact) mass is 544 g/mol. The van der Waals surface area contributed by atoms with E-state index >= 15 is 0 Å². The minimum absolute atomic E-state index is 0.0647.